The second-order valence-electron chi connectivity index (χ2n) is 2.43. The van der Waals surface area contributed by atoms with Crippen LogP contribution in [0.1, 0.15) is 9.67 Å². The molecule has 2 heterocycles. The van der Waals surface area contributed by atoms with Gasteiger partial charge in [-0.2, -0.15) is 0 Å². The van der Waals surface area contributed by atoms with Gasteiger partial charge in [-0.3, -0.25) is 0 Å². The van der Waals surface area contributed by atoms with E-state index >= 15 is 0 Å². The summed E-state index contributed by atoms with van der Waals surface area (Å²) in [5.74, 6) is -0.965. The Morgan fingerprint density at radius 3 is 2.67 bits per heavy atom. The molecule has 0 aromatic carbocycles. The standard InChI is InChI=1S/C8H5N3O2S2/c12-6(13)5-4-11-8(14-5)15-7-9-2-1-3-10-7/h1-4H,(H,12,13). The molecule has 0 amide bonds. The number of carboxylic acid groups (broad SMARTS) is 1. The predicted octanol–water partition coefficient (Wildman–Crippen LogP) is 1.78. The Hall–Kier alpha value is -1.47. The summed E-state index contributed by atoms with van der Waals surface area (Å²) in [6.07, 6.45) is 4.58. The third-order valence-electron chi connectivity index (χ3n) is 1.42. The number of aromatic carboxylic acids is 1. The topological polar surface area (TPSA) is 76.0 Å². The minimum atomic E-state index is -0.965. The number of hydrogen-bond donors (Lipinski definition) is 1. The summed E-state index contributed by atoms with van der Waals surface area (Å²) in [4.78, 5) is 22.8. The Balaban J connectivity index is 2.15. The zero-order chi connectivity index (χ0) is 10.7. The van der Waals surface area contributed by atoms with Crippen LogP contribution < -0.4 is 0 Å². The molecule has 15 heavy (non-hydrogen) atoms. The number of aromatic nitrogens is 3. The highest BCUT2D eigenvalue weighted by Crippen LogP contribution is 2.28. The largest absolute Gasteiger partial charge is 0.477 e. The van der Waals surface area contributed by atoms with Gasteiger partial charge in [0.1, 0.15) is 4.88 Å². The van der Waals surface area contributed by atoms with Gasteiger partial charge in [0.25, 0.3) is 0 Å². The van der Waals surface area contributed by atoms with Gasteiger partial charge in [0.15, 0.2) is 9.50 Å². The molecule has 0 saturated carbocycles. The average Bonchev–Trinajstić information content (AvgIpc) is 2.68. The molecule has 5 nitrogen and oxygen atoms in total. The number of rotatable bonds is 3. The van der Waals surface area contributed by atoms with Crippen LogP contribution in [0.15, 0.2) is 34.2 Å². The highest BCUT2D eigenvalue weighted by atomic mass is 32.2. The lowest BCUT2D eigenvalue weighted by Gasteiger charge is -1.92. The summed E-state index contributed by atoms with van der Waals surface area (Å²) in [5.41, 5.74) is 0. The first-order valence-corrected chi connectivity index (χ1v) is 5.53. The summed E-state index contributed by atoms with van der Waals surface area (Å²) < 4.78 is 0.624. The van der Waals surface area contributed by atoms with Crippen LogP contribution in [-0.4, -0.2) is 26.0 Å². The molecule has 0 aliphatic rings. The molecule has 0 spiro atoms. The van der Waals surface area contributed by atoms with E-state index in [9.17, 15) is 4.79 Å². The Morgan fingerprint density at radius 1 is 1.33 bits per heavy atom. The minimum Gasteiger partial charge on any atom is -0.477 e. The van der Waals surface area contributed by atoms with E-state index in [0.29, 0.717) is 9.50 Å². The van der Waals surface area contributed by atoms with Crippen molar-refractivity contribution in [3.8, 4) is 0 Å². The van der Waals surface area contributed by atoms with Crippen molar-refractivity contribution >= 4 is 29.1 Å². The van der Waals surface area contributed by atoms with Crippen LogP contribution in [0.3, 0.4) is 0 Å². The second-order valence-corrected chi connectivity index (χ2v) is 4.67. The van der Waals surface area contributed by atoms with E-state index < -0.39 is 5.97 Å². The molecule has 76 valence electrons. The summed E-state index contributed by atoms with van der Waals surface area (Å²) in [6.45, 7) is 0. The fraction of sp³-hybridized carbons (Fsp3) is 0. The van der Waals surface area contributed by atoms with Crippen LogP contribution in [0.2, 0.25) is 0 Å². The molecule has 0 bridgehead atoms. The number of nitrogens with zero attached hydrogens (tertiary/aromatic N) is 3. The molecular formula is C8H5N3O2S2. The molecular weight excluding hydrogens is 234 g/mol. The van der Waals surface area contributed by atoms with E-state index in [4.69, 9.17) is 5.11 Å². The third-order valence-corrected chi connectivity index (χ3v) is 3.37. The Bertz CT molecular complexity index is 472. The minimum absolute atomic E-state index is 0.216. The smallest absolute Gasteiger partial charge is 0.347 e. The summed E-state index contributed by atoms with van der Waals surface area (Å²) in [7, 11) is 0. The maximum Gasteiger partial charge on any atom is 0.347 e. The highest BCUT2D eigenvalue weighted by molar-refractivity contribution is 8.00. The second kappa shape index (κ2) is 4.37. The first kappa shape index (κ1) is 10.1. The van der Waals surface area contributed by atoms with Gasteiger partial charge in [0.2, 0.25) is 0 Å². The van der Waals surface area contributed by atoms with E-state index in [1.807, 2.05) is 0 Å². The lowest BCUT2D eigenvalue weighted by molar-refractivity contribution is 0.0702. The quantitative estimate of drug-likeness (QED) is 0.823. The van der Waals surface area contributed by atoms with Gasteiger partial charge < -0.3 is 5.11 Å². The van der Waals surface area contributed by atoms with Crippen molar-refractivity contribution in [3.63, 3.8) is 0 Å². The van der Waals surface area contributed by atoms with Crippen LogP contribution in [0, 0.1) is 0 Å². The molecule has 0 atom stereocenters. The SMILES string of the molecule is O=C(O)c1cnc(Sc2ncccn2)s1. The Labute approximate surface area is 93.2 Å². The first-order chi connectivity index (χ1) is 7.25. The van der Waals surface area contributed by atoms with Gasteiger partial charge in [-0.1, -0.05) is 0 Å². The highest BCUT2D eigenvalue weighted by Gasteiger charge is 2.10. The number of thiazole rings is 1. The fourth-order valence-electron chi connectivity index (χ4n) is 0.820. The van der Waals surface area contributed by atoms with Crippen molar-refractivity contribution < 1.29 is 9.90 Å². The van der Waals surface area contributed by atoms with Gasteiger partial charge in [-0.05, 0) is 17.8 Å². The molecule has 0 radical (unpaired) electrons. The van der Waals surface area contributed by atoms with E-state index in [2.05, 4.69) is 15.0 Å². The van der Waals surface area contributed by atoms with Gasteiger partial charge in [-0.25, -0.2) is 19.7 Å². The van der Waals surface area contributed by atoms with Crippen molar-refractivity contribution in [1.29, 1.82) is 0 Å². The first-order valence-electron chi connectivity index (χ1n) is 3.89. The van der Waals surface area contributed by atoms with Crippen LogP contribution in [0.4, 0.5) is 0 Å². The zero-order valence-electron chi connectivity index (χ0n) is 7.32. The molecule has 0 saturated heterocycles. The van der Waals surface area contributed by atoms with Gasteiger partial charge in [-0.15, -0.1) is 11.3 Å². The molecule has 0 unspecified atom stereocenters. The van der Waals surface area contributed by atoms with Crippen LogP contribution in [0.5, 0.6) is 0 Å². The van der Waals surface area contributed by atoms with Crippen molar-refractivity contribution in [2.75, 3.05) is 0 Å². The van der Waals surface area contributed by atoms with Gasteiger partial charge in [0.05, 0.1) is 6.20 Å². The molecule has 1 N–H and O–H groups in total. The zero-order valence-corrected chi connectivity index (χ0v) is 8.96. The van der Waals surface area contributed by atoms with E-state index in [0.717, 1.165) is 11.3 Å². The molecule has 2 aromatic rings. The molecule has 2 rings (SSSR count). The third kappa shape index (κ3) is 2.51. The number of hydrogen-bond acceptors (Lipinski definition) is 6. The van der Waals surface area contributed by atoms with Crippen LogP contribution in [0.25, 0.3) is 0 Å². The monoisotopic (exact) mass is 239 g/mol. The number of carboxylic acids is 1. The molecule has 0 fully saturated rings. The van der Waals surface area contributed by atoms with E-state index in [1.165, 1.54) is 18.0 Å². The Kier molecular flexibility index (Phi) is 2.93. The summed E-state index contributed by atoms with van der Waals surface area (Å²) >= 11 is 2.36. The number of carbonyl (C=O) groups is 1. The lowest BCUT2D eigenvalue weighted by atomic mass is 10.6. The maximum atomic E-state index is 10.6. The van der Waals surface area contributed by atoms with Gasteiger partial charge >= 0.3 is 5.97 Å². The Morgan fingerprint density at radius 2 is 2.07 bits per heavy atom. The van der Waals surface area contributed by atoms with Crippen molar-refractivity contribution in [2.45, 2.75) is 9.50 Å². The summed E-state index contributed by atoms with van der Waals surface area (Å²) in [5, 5.41) is 9.25. The molecule has 0 aliphatic heterocycles. The fourth-order valence-corrected chi connectivity index (χ4v) is 2.45. The normalized spacial score (nSPS) is 10.1. The maximum absolute atomic E-state index is 10.6. The predicted molar refractivity (Wildman–Crippen MR) is 55.2 cm³/mol. The van der Waals surface area contributed by atoms with Crippen molar-refractivity contribution in [3.05, 3.63) is 29.5 Å². The van der Waals surface area contributed by atoms with E-state index in [-0.39, 0.29) is 4.88 Å². The molecule has 0 aliphatic carbocycles. The molecule has 2 aromatic heterocycles. The van der Waals surface area contributed by atoms with Crippen LogP contribution >= 0.6 is 23.1 Å². The molecule has 7 heteroatoms. The van der Waals surface area contributed by atoms with Crippen molar-refractivity contribution in [2.24, 2.45) is 0 Å². The van der Waals surface area contributed by atoms with Gasteiger partial charge in [0, 0.05) is 12.4 Å². The van der Waals surface area contributed by atoms with Crippen LogP contribution in [-0.2, 0) is 0 Å². The van der Waals surface area contributed by atoms with E-state index in [1.54, 1.807) is 18.5 Å². The average molecular weight is 239 g/mol. The summed E-state index contributed by atoms with van der Waals surface area (Å²) in [6, 6.07) is 1.72. The lowest BCUT2D eigenvalue weighted by Crippen LogP contribution is -1.89. The van der Waals surface area contributed by atoms with Crippen molar-refractivity contribution in [1.82, 2.24) is 15.0 Å².